The summed E-state index contributed by atoms with van der Waals surface area (Å²) in [5, 5.41) is 2.88. The average Bonchev–Trinajstić information content (AvgIpc) is 3.29. The first-order chi connectivity index (χ1) is 9.99. The van der Waals surface area contributed by atoms with Crippen LogP contribution in [0.2, 0.25) is 0 Å². The number of rotatable bonds is 9. The molecule has 1 aliphatic rings. The topological polar surface area (TPSA) is 58.2 Å². The summed E-state index contributed by atoms with van der Waals surface area (Å²) >= 11 is 0. The predicted molar refractivity (Wildman–Crippen MR) is 86.9 cm³/mol. The van der Waals surface area contributed by atoms with Gasteiger partial charge in [-0.05, 0) is 37.7 Å². The summed E-state index contributed by atoms with van der Waals surface area (Å²) in [4.78, 5) is 0. The lowest BCUT2D eigenvalue weighted by atomic mass is 9.98. The van der Waals surface area contributed by atoms with Crippen LogP contribution in [0.1, 0.15) is 44.6 Å². The molecule has 0 amide bonds. The minimum Gasteiger partial charge on any atom is -0.313 e. The fourth-order valence-electron chi connectivity index (χ4n) is 2.24. The zero-order valence-electron chi connectivity index (χ0n) is 12.9. The molecule has 0 heterocycles. The largest absolute Gasteiger partial charge is 0.313 e. The highest BCUT2D eigenvalue weighted by atomic mass is 32.2. The molecule has 118 valence electrons. The van der Waals surface area contributed by atoms with Crippen LogP contribution in [-0.4, -0.2) is 32.8 Å². The van der Waals surface area contributed by atoms with Crippen LogP contribution in [0.4, 0.5) is 0 Å². The lowest BCUT2D eigenvalue weighted by Crippen LogP contribution is -2.40. The van der Waals surface area contributed by atoms with Crippen LogP contribution < -0.4 is 10.0 Å². The summed E-state index contributed by atoms with van der Waals surface area (Å²) < 4.78 is 27.0. The summed E-state index contributed by atoms with van der Waals surface area (Å²) in [6.07, 6.45) is 3.16. The van der Waals surface area contributed by atoms with E-state index < -0.39 is 10.0 Å². The van der Waals surface area contributed by atoms with E-state index in [2.05, 4.69) is 29.1 Å². The predicted octanol–water partition coefficient (Wildman–Crippen LogP) is 2.24. The lowest BCUT2D eigenvalue weighted by Gasteiger charge is -2.16. The van der Waals surface area contributed by atoms with Gasteiger partial charge in [0.1, 0.15) is 0 Å². The Hall–Kier alpha value is -0.910. The molecule has 1 saturated carbocycles. The summed E-state index contributed by atoms with van der Waals surface area (Å²) in [6.45, 7) is 4.92. The van der Waals surface area contributed by atoms with E-state index in [4.69, 9.17) is 0 Å². The van der Waals surface area contributed by atoms with Crippen molar-refractivity contribution in [1.82, 2.24) is 10.0 Å². The molecule has 0 spiro atoms. The maximum Gasteiger partial charge on any atom is 0.215 e. The third kappa shape index (κ3) is 5.41. The number of hydrogen-bond donors (Lipinski definition) is 2. The van der Waals surface area contributed by atoms with E-state index in [1.54, 1.807) is 6.92 Å². The number of hydrogen-bond acceptors (Lipinski definition) is 3. The monoisotopic (exact) mass is 310 g/mol. The average molecular weight is 310 g/mol. The van der Waals surface area contributed by atoms with Gasteiger partial charge >= 0.3 is 0 Å². The van der Waals surface area contributed by atoms with Crippen LogP contribution in [0.25, 0.3) is 0 Å². The highest BCUT2D eigenvalue weighted by Crippen LogP contribution is 2.19. The third-order valence-electron chi connectivity index (χ3n) is 4.05. The highest BCUT2D eigenvalue weighted by molar-refractivity contribution is 7.90. The molecule has 0 aromatic heterocycles. The Morgan fingerprint density at radius 3 is 2.48 bits per heavy atom. The van der Waals surface area contributed by atoms with Crippen molar-refractivity contribution in [3.63, 3.8) is 0 Å². The van der Waals surface area contributed by atoms with Gasteiger partial charge in [0.2, 0.25) is 10.0 Å². The Balaban J connectivity index is 1.73. The first-order valence-corrected chi connectivity index (χ1v) is 9.30. The Bertz CT molecular complexity index is 526. The molecule has 0 saturated heterocycles. The van der Waals surface area contributed by atoms with Crippen molar-refractivity contribution < 1.29 is 8.42 Å². The second kappa shape index (κ2) is 7.38. The van der Waals surface area contributed by atoms with E-state index in [1.165, 1.54) is 18.4 Å². The Morgan fingerprint density at radius 1 is 1.19 bits per heavy atom. The maximum absolute atomic E-state index is 12.1. The van der Waals surface area contributed by atoms with Crippen molar-refractivity contribution in [2.24, 2.45) is 0 Å². The standard InChI is InChI=1S/C16H26N2O2S/c1-13(15-6-4-3-5-7-15)10-11-18-21(19,20)14(2)12-17-16-8-9-16/h3-7,13-14,16-18H,8-12H2,1-2H3. The number of nitrogens with one attached hydrogen (secondary N) is 2. The van der Waals surface area contributed by atoms with Crippen molar-refractivity contribution in [3.8, 4) is 0 Å². The van der Waals surface area contributed by atoms with Crippen molar-refractivity contribution in [2.45, 2.75) is 50.3 Å². The minimum absolute atomic E-state index is 0.355. The van der Waals surface area contributed by atoms with E-state index >= 15 is 0 Å². The quantitative estimate of drug-likeness (QED) is 0.735. The molecule has 2 unspecified atom stereocenters. The maximum atomic E-state index is 12.1. The van der Waals surface area contributed by atoms with Gasteiger partial charge < -0.3 is 5.32 Å². The fourth-order valence-corrected chi connectivity index (χ4v) is 3.24. The van der Waals surface area contributed by atoms with Gasteiger partial charge in [-0.25, -0.2) is 13.1 Å². The molecule has 5 heteroatoms. The molecular weight excluding hydrogens is 284 g/mol. The highest BCUT2D eigenvalue weighted by Gasteiger charge is 2.25. The molecule has 1 aromatic carbocycles. The van der Waals surface area contributed by atoms with Crippen LogP contribution in [0.15, 0.2) is 30.3 Å². The summed E-state index contributed by atoms with van der Waals surface area (Å²) in [6, 6.07) is 10.7. The first-order valence-electron chi connectivity index (χ1n) is 7.76. The van der Waals surface area contributed by atoms with Gasteiger partial charge in [-0.1, -0.05) is 37.3 Å². The summed E-state index contributed by atoms with van der Waals surface area (Å²) in [5.74, 6) is 0.355. The smallest absolute Gasteiger partial charge is 0.215 e. The SMILES string of the molecule is CC(CCNS(=O)(=O)C(C)CNC1CC1)c1ccccc1. The van der Waals surface area contributed by atoms with Gasteiger partial charge in [-0.2, -0.15) is 0 Å². The second-order valence-electron chi connectivity index (χ2n) is 6.03. The van der Waals surface area contributed by atoms with E-state index in [9.17, 15) is 8.42 Å². The van der Waals surface area contributed by atoms with Gasteiger partial charge in [0.15, 0.2) is 0 Å². The van der Waals surface area contributed by atoms with Crippen LogP contribution in [0, 0.1) is 0 Å². The normalized spacial score (nSPS) is 18.4. The summed E-state index contributed by atoms with van der Waals surface area (Å²) in [7, 11) is -3.22. The lowest BCUT2D eigenvalue weighted by molar-refractivity contribution is 0.550. The Kier molecular flexibility index (Phi) is 5.79. The van der Waals surface area contributed by atoms with Gasteiger partial charge in [0.05, 0.1) is 5.25 Å². The van der Waals surface area contributed by atoms with Crippen LogP contribution in [0.5, 0.6) is 0 Å². The van der Waals surface area contributed by atoms with E-state index in [-0.39, 0.29) is 5.25 Å². The van der Waals surface area contributed by atoms with Crippen LogP contribution in [0.3, 0.4) is 0 Å². The number of sulfonamides is 1. The van der Waals surface area contributed by atoms with E-state index in [0.29, 0.717) is 25.0 Å². The van der Waals surface area contributed by atoms with Crippen molar-refractivity contribution in [3.05, 3.63) is 35.9 Å². The Morgan fingerprint density at radius 2 is 1.86 bits per heavy atom. The summed E-state index contributed by atoms with van der Waals surface area (Å²) in [5.41, 5.74) is 1.25. The van der Waals surface area contributed by atoms with Gasteiger partial charge in [0, 0.05) is 19.1 Å². The van der Waals surface area contributed by atoms with E-state index in [0.717, 1.165) is 6.42 Å². The molecule has 0 aliphatic heterocycles. The molecule has 0 bridgehead atoms. The van der Waals surface area contributed by atoms with Gasteiger partial charge in [-0.15, -0.1) is 0 Å². The van der Waals surface area contributed by atoms with Crippen molar-refractivity contribution in [1.29, 1.82) is 0 Å². The van der Waals surface area contributed by atoms with Crippen molar-refractivity contribution in [2.75, 3.05) is 13.1 Å². The third-order valence-corrected chi connectivity index (χ3v) is 5.88. The fraction of sp³-hybridized carbons (Fsp3) is 0.625. The molecule has 1 fully saturated rings. The molecule has 4 nitrogen and oxygen atoms in total. The first kappa shape index (κ1) is 16.5. The van der Waals surface area contributed by atoms with Crippen LogP contribution in [-0.2, 0) is 10.0 Å². The second-order valence-corrected chi connectivity index (χ2v) is 8.22. The molecular formula is C16H26N2O2S. The van der Waals surface area contributed by atoms with Crippen molar-refractivity contribution >= 4 is 10.0 Å². The minimum atomic E-state index is -3.22. The van der Waals surface area contributed by atoms with E-state index in [1.807, 2.05) is 18.2 Å². The molecule has 2 rings (SSSR count). The molecule has 0 radical (unpaired) electrons. The molecule has 2 N–H and O–H groups in total. The molecule has 21 heavy (non-hydrogen) atoms. The van der Waals surface area contributed by atoms with Gasteiger partial charge in [-0.3, -0.25) is 0 Å². The zero-order valence-corrected chi connectivity index (χ0v) is 13.7. The van der Waals surface area contributed by atoms with Crippen LogP contribution >= 0.6 is 0 Å². The Labute approximate surface area is 128 Å². The molecule has 1 aromatic rings. The molecule has 1 aliphatic carbocycles. The van der Waals surface area contributed by atoms with Gasteiger partial charge in [0.25, 0.3) is 0 Å². The number of benzene rings is 1. The molecule has 2 atom stereocenters. The zero-order chi connectivity index (χ0) is 15.3.